The molecule has 1 heterocycles. The van der Waals surface area contributed by atoms with Gasteiger partial charge in [-0.3, -0.25) is 9.69 Å². The van der Waals surface area contributed by atoms with E-state index in [9.17, 15) is 4.79 Å². The van der Waals surface area contributed by atoms with E-state index in [1.807, 2.05) is 19.1 Å². The van der Waals surface area contributed by atoms with Crippen LogP contribution in [0.3, 0.4) is 0 Å². The second-order valence-electron chi connectivity index (χ2n) is 5.15. The van der Waals surface area contributed by atoms with Crippen LogP contribution in [-0.2, 0) is 4.79 Å². The third-order valence-corrected chi connectivity index (χ3v) is 3.77. The first kappa shape index (κ1) is 17.2. The Kier molecular flexibility index (Phi) is 6.76. The lowest BCUT2D eigenvalue weighted by Gasteiger charge is -2.29. The van der Waals surface area contributed by atoms with Gasteiger partial charge in [0.25, 0.3) is 0 Å². The van der Waals surface area contributed by atoms with Gasteiger partial charge in [0.1, 0.15) is 0 Å². The smallest absolute Gasteiger partial charge is 0.238 e. The van der Waals surface area contributed by atoms with E-state index < -0.39 is 0 Å². The Morgan fingerprint density at radius 2 is 2.30 bits per heavy atom. The molecule has 1 saturated heterocycles. The lowest BCUT2D eigenvalue weighted by atomic mass is 10.1. The minimum Gasteiger partial charge on any atom is -0.327 e. The summed E-state index contributed by atoms with van der Waals surface area (Å²) in [6.45, 7) is 4.06. The molecule has 1 atom stereocenters. The van der Waals surface area contributed by atoms with Crippen LogP contribution in [0.1, 0.15) is 18.4 Å². The maximum Gasteiger partial charge on any atom is 0.238 e. The molecule has 6 heteroatoms. The largest absolute Gasteiger partial charge is 0.327 e. The third-order valence-electron chi connectivity index (χ3n) is 3.36. The number of nitrogens with one attached hydrogen (secondary N) is 1. The first-order valence-corrected chi connectivity index (χ1v) is 6.96. The minimum atomic E-state index is -0.0194. The fraction of sp³-hybridized carbons (Fsp3) is 0.500. The fourth-order valence-electron chi connectivity index (χ4n) is 2.31. The summed E-state index contributed by atoms with van der Waals surface area (Å²) in [6, 6.07) is 5.72. The maximum atomic E-state index is 11.9. The molecule has 0 aromatic heterocycles. The van der Waals surface area contributed by atoms with Crippen LogP contribution in [0.5, 0.6) is 0 Å². The number of nitrogens with zero attached hydrogens (tertiary/aromatic N) is 1. The van der Waals surface area contributed by atoms with Crippen molar-refractivity contribution in [3.8, 4) is 0 Å². The molecular formula is C14H21Cl2N3O. The van der Waals surface area contributed by atoms with Crippen molar-refractivity contribution in [1.82, 2.24) is 4.90 Å². The summed E-state index contributed by atoms with van der Waals surface area (Å²) in [4.78, 5) is 14.0. The highest BCUT2D eigenvalue weighted by Crippen LogP contribution is 2.20. The highest BCUT2D eigenvalue weighted by molar-refractivity contribution is 6.31. The first-order chi connectivity index (χ1) is 9.04. The van der Waals surface area contributed by atoms with E-state index in [1.165, 1.54) is 0 Å². The lowest BCUT2D eigenvalue weighted by Crippen LogP contribution is -2.45. The van der Waals surface area contributed by atoms with E-state index in [0.717, 1.165) is 37.2 Å². The van der Waals surface area contributed by atoms with Gasteiger partial charge in [0, 0.05) is 23.3 Å². The fourth-order valence-corrected chi connectivity index (χ4v) is 2.49. The molecule has 20 heavy (non-hydrogen) atoms. The number of anilines is 1. The summed E-state index contributed by atoms with van der Waals surface area (Å²) in [5.41, 5.74) is 7.64. The average Bonchev–Trinajstić information content (AvgIpc) is 2.34. The van der Waals surface area contributed by atoms with Crippen LogP contribution >= 0.6 is 24.0 Å². The lowest BCUT2D eigenvalue weighted by molar-refractivity contribution is -0.117. The monoisotopic (exact) mass is 317 g/mol. The van der Waals surface area contributed by atoms with Crippen molar-refractivity contribution < 1.29 is 4.79 Å². The molecule has 112 valence electrons. The minimum absolute atomic E-state index is 0. The molecule has 1 aliphatic heterocycles. The van der Waals surface area contributed by atoms with Gasteiger partial charge in [0.2, 0.25) is 5.91 Å². The Balaban J connectivity index is 0.00000200. The highest BCUT2D eigenvalue weighted by Gasteiger charge is 2.18. The molecule has 1 aliphatic rings. The van der Waals surface area contributed by atoms with Crippen LogP contribution in [-0.4, -0.2) is 36.5 Å². The molecule has 2 rings (SSSR count). The second kappa shape index (κ2) is 7.84. The van der Waals surface area contributed by atoms with E-state index in [-0.39, 0.29) is 24.4 Å². The normalized spacial score (nSPS) is 19.2. The number of rotatable bonds is 3. The Bertz CT molecular complexity index is 468. The van der Waals surface area contributed by atoms with Gasteiger partial charge >= 0.3 is 0 Å². The maximum absolute atomic E-state index is 11.9. The molecule has 0 aliphatic carbocycles. The summed E-state index contributed by atoms with van der Waals surface area (Å²) in [6.07, 6.45) is 2.11. The van der Waals surface area contributed by atoms with Gasteiger partial charge in [-0.05, 0) is 44.0 Å². The summed E-state index contributed by atoms with van der Waals surface area (Å²) >= 11 is 6.03. The van der Waals surface area contributed by atoms with Gasteiger partial charge in [-0.1, -0.05) is 17.7 Å². The van der Waals surface area contributed by atoms with E-state index in [2.05, 4.69) is 10.2 Å². The Morgan fingerprint density at radius 3 is 2.95 bits per heavy atom. The third kappa shape index (κ3) is 4.94. The van der Waals surface area contributed by atoms with Crippen molar-refractivity contribution in [2.75, 3.05) is 25.0 Å². The van der Waals surface area contributed by atoms with Crippen LogP contribution in [0.4, 0.5) is 5.69 Å². The zero-order valence-electron chi connectivity index (χ0n) is 11.6. The van der Waals surface area contributed by atoms with Crippen molar-refractivity contribution in [3.05, 3.63) is 28.8 Å². The van der Waals surface area contributed by atoms with E-state index in [0.29, 0.717) is 11.6 Å². The molecule has 1 unspecified atom stereocenters. The number of nitrogens with two attached hydrogens (primary N) is 1. The SMILES string of the molecule is Cc1ccc(NC(=O)CN2CCCC(N)C2)cc1Cl.Cl. The topological polar surface area (TPSA) is 58.4 Å². The number of halogens is 2. The molecule has 3 N–H and O–H groups in total. The molecule has 1 aromatic carbocycles. The van der Waals surface area contributed by atoms with Crippen molar-refractivity contribution >= 4 is 35.6 Å². The molecule has 1 aromatic rings. The highest BCUT2D eigenvalue weighted by atomic mass is 35.5. The summed E-state index contributed by atoms with van der Waals surface area (Å²) in [5.74, 6) is -0.0194. The first-order valence-electron chi connectivity index (χ1n) is 6.58. The number of aryl methyl sites for hydroxylation is 1. The molecule has 4 nitrogen and oxygen atoms in total. The molecule has 0 spiro atoms. The molecule has 1 fully saturated rings. The number of benzene rings is 1. The number of carbonyl (C=O) groups excluding carboxylic acids is 1. The second-order valence-corrected chi connectivity index (χ2v) is 5.56. The predicted octanol–water partition coefficient (Wildman–Crippen LogP) is 2.43. The van der Waals surface area contributed by atoms with Gasteiger partial charge in [-0.25, -0.2) is 0 Å². The molecule has 0 radical (unpaired) electrons. The molecule has 1 amide bonds. The van der Waals surface area contributed by atoms with Crippen molar-refractivity contribution in [2.45, 2.75) is 25.8 Å². The summed E-state index contributed by atoms with van der Waals surface area (Å²) in [5, 5.41) is 3.53. The predicted molar refractivity (Wildman–Crippen MR) is 85.7 cm³/mol. The van der Waals surface area contributed by atoms with Crippen molar-refractivity contribution in [3.63, 3.8) is 0 Å². The Labute approximate surface area is 131 Å². The van der Waals surface area contributed by atoms with Crippen molar-refractivity contribution in [2.24, 2.45) is 5.73 Å². The van der Waals surface area contributed by atoms with Crippen LogP contribution in [0.15, 0.2) is 18.2 Å². The molecular weight excluding hydrogens is 297 g/mol. The van der Waals surface area contributed by atoms with Gasteiger partial charge in [0.05, 0.1) is 6.54 Å². The standard InChI is InChI=1S/C14H20ClN3O.ClH/c1-10-4-5-12(7-13(10)15)17-14(19)9-18-6-2-3-11(16)8-18;/h4-5,7,11H,2-3,6,8-9,16H2,1H3,(H,17,19);1H. The zero-order valence-corrected chi connectivity index (χ0v) is 13.1. The van der Waals surface area contributed by atoms with Crippen LogP contribution in [0, 0.1) is 6.92 Å². The number of piperidine rings is 1. The average molecular weight is 318 g/mol. The van der Waals surface area contributed by atoms with Crippen molar-refractivity contribution in [1.29, 1.82) is 0 Å². The van der Waals surface area contributed by atoms with Gasteiger partial charge in [-0.15, -0.1) is 12.4 Å². The van der Waals surface area contributed by atoms with Crippen LogP contribution < -0.4 is 11.1 Å². The molecule has 0 bridgehead atoms. The quantitative estimate of drug-likeness (QED) is 0.900. The van der Waals surface area contributed by atoms with Crippen LogP contribution in [0.25, 0.3) is 0 Å². The number of hydrogen-bond donors (Lipinski definition) is 2. The number of hydrogen-bond acceptors (Lipinski definition) is 3. The Hall–Kier alpha value is -0.810. The Morgan fingerprint density at radius 1 is 1.55 bits per heavy atom. The summed E-state index contributed by atoms with van der Waals surface area (Å²) in [7, 11) is 0. The van der Waals surface area contributed by atoms with E-state index in [1.54, 1.807) is 6.07 Å². The number of amides is 1. The van der Waals surface area contributed by atoms with E-state index in [4.69, 9.17) is 17.3 Å². The summed E-state index contributed by atoms with van der Waals surface area (Å²) < 4.78 is 0. The van der Waals surface area contributed by atoms with Gasteiger partial charge in [0.15, 0.2) is 0 Å². The number of likely N-dealkylation sites (tertiary alicyclic amines) is 1. The number of carbonyl (C=O) groups is 1. The molecule has 0 saturated carbocycles. The van der Waals surface area contributed by atoms with Gasteiger partial charge < -0.3 is 11.1 Å². The zero-order chi connectivity index (χ0) is 13.8. The van der Waals surface area contributed by atoms with Crippen LogP contribution in [0.2, 0.25) is 5.02 Å². The van der Waals surface area contributed by atoms with E-state index >= 15 is 0 Å². The van der Waals surface area contributed by atoms with Gasteiger partial charge in [-0.2, -0.15) is 0 Å².